The van der Waals surface area contributed by atoms with Crippen molar-refractivity contribution in [1.82, 2.24) is 9.88 Å². The lowest BCUT2D eigenvalue weighted by molar-refractivity contribution is -0.131. The van der Waals surface area contributed by atoms with E-state index in [2.05, 4.69) is 29.3 Å². The first-order chi connectivity index (χ1) is 12.2. The normalized spacial score (nSPS) is 15.4. The number of nitrogens with two attached hydrogens (primary N) is 1. The van der Waals surface area contributed by atoms with Crippen molar-refractivity contribution in [3.05, 3.63) is 78.0 Å². The van der Waals surface area contributed by atoms with Crippen LogP contribution in [0, 0.1) is 0 Å². The average molecular weight is 331 g/mol. The summed E-state index contributed by atoms with van der Waals surface area (Å²) in [5.74, 6) is 0.00691. The molecule has 2 aromatic carbocycles. The van der Waals surface area contributed by atoms with Crippen LogP contribution in [0.1, 0.15) is 11.1 Å². The minimum atomic E-state index is -0.525. The molecule has 25 heavy (non-hydrogen) atoms. The fourth-order valence-electron chi connectivity index (χ4n) is 3.44. The molecule has 0 saturated heterocycles. The molecule has 0 unspecified atom stereocenters. The molecule has 1 atom stereocenters. The fourth-order valence-corrected chi connectivity index (χ4v) is 3.44. The van der Waals surface area contributed by atoms with Crippen molar-refractivity contribution in [2.75, 3.05) is 13.1 Å². The molecule has 3 N–H and O–H groups in total. The number of nitrogens with zero attached hydrogens (tertiary/aromatic N) is 1. The number of para-hydroxylation sites is 1. The predicted octanol–water partition coefficient (Wildman–Crippen LogP) is 2.96. The van der Waals surface area contributed by atoms with E-state index in [1.54, 1.807) is 0 Å². The summed E-state index contributed by atoms with van der Waals surface area (Å²) in [7, 11) is 0. The Morgan fingerprint density at radius 1 is 1.12 bits per heavy atom. The monoisotopic (exact) mass is 331 g/mol. The quantitative estimate of drug-likeness (QED) is 0.772. The van der Waals surface area contributed by atoms with Crippen molar-refractivity contribution in [2.45, 2.75) is 12.5 Å². The number of carbonyl (C=O) groups is 1. The summed E-state index contributed by atoms with van der Waals surface area (Å²) >= 11 is 0. The number of amides is 1. The molecule has 0 saturated carbocycles. The molecule has 1 aliphatic heterocycles. The van der Waals surface area contributed by atoms with Crippen LogP contribution in [0.25, 0.3) is 16.5 Å². The third-order valence-corrected chi connectivity index (χ3v) is 4.81. The van der Waals surface area contributed by atoms with Gasteiger partial charge in [-0.3, -0.25) is 4.79 Å². The maximum atomic E-state index is 12.7. The van der Waals surface area contributed by atoms with Crippen LogP contribution in [-0.2, 0) is 11.2 Å². The van der Waals surface area contributed by atoms with Gasteiger partial charge in [0.1, 0.15) is 0 Å². The molecule has 4 nitrogen and oxygen atoms in total. The van der Waals surface area contributed by atoms with Gasteiger partial charge in [0.25, 0.3) is 0 Å². The lowest BCUT2D eigenvalue weighted by Gasteiger charge is -2.21. The number of fused-ring (bicyclic) bond motifs is 1. The molecule has 3 aromatic rings. The summed E-state index contributed by atoms with van der Waals surface area (Å²) in [6.07, 6.45) is 4.61. The number of benzene rings is 2. The lowest BCUT2D eigenvalue weighted by Crippen LogP contribution is -2.44. The van der Waals surface area contributed by atoms with Crippen LogP contribution in [0.15, 0.2) is 66.9 Å². The first-order valence-corrected chi connectivity index (χ1v) is 8.56. The highest BCUT2D eigenvalue weighted by Crippen LogP contribution is 2.23. The van der Waals surface area contributed by atoms with Crippen LogP contribution >= 0.6 is 0 Å². The van der Waals surface area contributed by atoms with Gasteiger partial charge in [-0.05, 0) is 29.2 Å². The summed E-state index contributed by atoms with van der Waals surface area (Å²) in [5, 5.41) is 1.13. The molecule has 1 amide bonds. The number of H-pyrrole nitrogens is 1. The van der Waals surface area contributed by atoms with Gasteiger partial charge in [0.05, 0.1) is 6.04 Å². The molecule has 1 aliphatic rings. The van der Waals surface area contributed by atoms with Gasteiger partial charge in [0.15, 0.2) is 0 Å². The maximum Gasteiger partial charge on any atom is 0.240 e. The molecule has 0 bridgehead atoms. The van der Waals surface area contributed by atoms with Gasteiger partial charge in [0.2, 0.25) is 5.91 Å². The Kier molecular flexibility index (Phi) is 4.12. The van der Waals surface area contributed by atoms with E-state index in [4.69, 9.17) is 5.73 Å². The zero-order valence-corrected chi connectivity index (χ0v) is 14.0. The third kappa shape index (κ3) is 3.08. The van der Waals surface area contributed by atoms with Gasteiger partial charge < -0.3 is 15.6 Å². The topological polar surface area (TPSA) is 62.1 Å². The summed E-state index contributed by atoms with van der Waals surface area (Å²) in [4.78, 5) is 17.8. The number of nitrogens with one attached hydrogen (secondary N) is 1. The Labute approximate surface area is 146 Å². The van der Waals surface area contributed by atoms with E-state index in [-0.39, 0.29) is 5.91 Å². The second kappa shape index (κ2) is 6.57. The van der Waals surface area contributed by atoms with E-state index in [0.29, 0.717) is 19.5 Å². The largest absolute Gasteiger partial charge is 0.361 e. The van der Waals surface area contributed by atoms with E-state index in [9.17, 15) is 4.79 Å². The van der Waals surface area contributed by atoms with E-state index in [1.165, 1.54) is 11.1 Å². The molecule has 1 aromatic heterocycles. The van der Waals surface area contributed by atoms with Crippen molar-refractivity contribution in [1.29, 1.82) is 0 Å². The third-order valence-electron chi connectivity index (χ3n) is 4.81. The molecule has 4 rings (SSSR count). The second-order valence-corrected chi connectivity index (χ2v) is 6.48. The van der Waals surface area contributed by atoms with Crippen LogP contribution in [0.2, 0.25) is 0 Å². The van der Waals surface area contributed by atoms with Crippen LogP contribution in [0.5, 0.6) is 0 Å². The molecular formula is C21H21N3O. The highest BCUT2D eigenvalue weighted by molar-refractivity contribution is 5.88. The van der Waals surface area contributed by atoms with Gasteiger partial charge in [-0.25, -0.2) is 0 Å². The zero-order chi connectivity index (χ0) is 17.2. The SMILES string of the molecule is N[C@H](Cc1c[nH]c2ccccc12)C(=O)N1CC=C(c2ccccc2)C1. The molecule has 0 radical (unpaired) electrons. The molecule has 2 heterocycles. The van der Waals surface area contributed by atoms with Crippen LogP contribution in [0.3, 0.4) is 0 Å². The molecule has 0 fully saturated rings. The van der Waals surface area contributed by atoms with Gasteiger partial charge >= 0.3 is 0 Å². The highest BCUT2D eigenvalue weighted by Gasteiger charge is 2.25. The number of aromatic amines is 1. The molecule has 0 aliphatic carbocycles. The van der Waals surface area contributed by atoms with E-state index < -0.39 is 6.04 Å². The minimum Gasteiger partial charge on any atom is -0.361 e. The van der Waals surface area contributed by atoms with Crippen LogP contribution in [-0.4, -0.2) is 34.9 Å². The number of hydrogen-bond donors (Lipinski definition) is 2. The first-order valence-electron chi connectivity index (χ1n) is 8.56. The minimum absolute atomic E-state index is 0.00691. The molecule has 4 heteroatoms. The van der Waals surface area contributed by atoms with Gasteiger partial charge in [-0.1, -0.05) is 54.6 Å². The average Bonchev–Trinajstić information content (AvgIpc) is 3.30. The van der Waals surface area contributed by atoms with Crippen LogP contribution < -0.4 is 5.73 Å². The standard InChI is InChI=1S/C21H21N3O/c22-19(12-17-13-23-20-9-5-4-8-18(17)20)21(25)24-11-10-16(14-24)15-6-2-1-3-7-15/h1-10,13,19,23H,11-12,14,22H2/t19-/m1/s1. The Morgan fingerprint density at radius 3 is 2.72 bits per heavy atom. The van der Waals surface area contributed by atoms with E-state index in [0.717, 1.165) is 16.5 Å². The van der Waals surface area contributed by atoms with Crippen molar-refractivity contribution >= 4 is 22.4 Å². The van der Waals surface area contributed by atoms with Crippen molar-refractivity contribution in [3.8, 4) is 0 Å². The summed E-state index contributed by atoms with van der Waals surface area (Å²) in [5.41, 5.74) is 10.8. The van der Waals surface area contributed by atoms with Gasteiger partial charge in [0, 0.05) is 30.2 Å². The van der Waals surface area contributed by atoms with Gasteiger partial charge in [-0.15, -0.1) is 0 Å². The Hall–Kier alpha value is -2.85. The second-order valence-electron chi connectivity index (χ2n) is 6.48. The molecule has 126 valence electrons. The summed E-state index contributed by atoms with van der Waals surface area (Å²) in [6.45, 7) is 1.26. The lowest BCUT2D eigenvalue weighted by atomic mass is 10.0. The van der Waals surface area contributed by atoms with Crippen molar-refractivity contribution in [2.24, 2.45) is 5.73 Å². The first kappa shape index (κ1) is 15.7. The highest BCUT2D eigenvalue weighted by atomic mass is 16.2. The number of hydrogen-bond acceptors (Lipinski definition) is 2. The fraction of sp³-hybridized carbons (Fsp3) is 0.190. The Bertz CT molecular complexity index is 926. The summed E-state index contributed by atoms with van der Waals surface area (Å²) < 4.78 is 0. The predicted molar refractivity (Wildman–Crippen MR) is 101 cm³/mol. The number of rotatable bonds is 4. The van der Waals surface area contributed by atoms with Crippen molar-refractivity contribution < 1.29 is 4.79 Å². The molecule has 0 spiro atoms. The Balaban J connectivity index is 1.43. The maximum absolute atomic E-state index is 12.7. The number of aromatic nitrogens is 1. The smallest absolute Gasteiger partial charge is 0.240 e. The van der Waals surface area contributed by atoms with Gasteiger partial charge in [-0.2, -0.15) is 0 Å². The molecular weight excluding hydrogens is 310 g/mol. The zero-order valence-electron chi connectivity index (χ0n) is 14.0. The Morgan fingerprint density at radius 2 is 1.88 bits per heavy atom. The van der Waals surface area contributed by atoms with E-state index >= 15 is 0 Å². The number of carbonyl (C=O) groups excluding carboxylic acids is 1. The van der Waals surface area contributed by atoms with Crippen LogP contribution in [0.4, 0.5) is 0 Å². The van der Waals surface area contributed by atoms with Crippen molar-refractivity contribution in [3.63, 3.8) is 0 Å². The van der Waals surface area contributed by atoms with E-state index in [1.807, 2.05) is 47.5 Å². The summed E-state index contributed by atoms with van der Waals surface area (Å²) in [6, 6.07) is 17.7.